The lowest BCUT2D eigenvalue weighted by atomic mass is 10.3. The van der Waals surface area contributed by atoms with E-state index in [1.54, 1.807) is 0 Å². The monoisotopic (exact) mass is 323 g/mol. The Bertz CT molecular complexity index is 417. The first-order valence-electron chi connectivity index (χ1n) is 8.52. The topological polar surface area (TPSA) is 21.7 Å². The van der Waals surface area contributed by atoms with Gasteiger partial charge in [-0.1, -0.05) is 32.8 Å². The second kappa shape index (κ2) is 9.90. The van der Waals surface area contributed by atoms with Crippen LogP contribution in [-0.4, -0.2) is 36.1 Å². The molecule has 0 amide bonds. The predicted molar refractivity (Wildman–Crippen MR) is 98.6 cm³/mol. The molecule has 0 heterocycles. The maximum absolute atomic E-state index is 6.00. The van der Waals surface area contributed by atoms with Crippen molar-refractivity contribution in [3.63, 3.8) is 0 Å². The standard InChI is InChI=1S/C18H33NO2Si/c1-6-13-22(20-5,14-7-2)15-9-12-21-18-11-8-10-17(16-18)19(3)4/h8,10-11,16H,6-7,9,12-15H2,1-5H3. The predicted octanol–water partition coefficient (Wildman–Crippen LogP) is 4.93. The van der Waals surface area contributed by atoms with Gasteiger partial charge in [0, 0.05) is 33.0 Å². The van der Waals surface area contributed by atoms with E-state index in [-0.39, 0.29) is 0 Å². The highest BCUT2D eigenvalue weighted by Crippen LogP contribution is 2.27. The molecule has 0 unspecified atom stereocenters. The minimum atomic E-state index is -1.52. The molecule has 0 aliphatic heterocycles. The molecule has 0 N–H and O–H groups in total. The molecular weight excluding hydrogens is 290 g/mol. The van der Waals surface area contributed by atoms with Crippen LogP contribution in [-0.2, 0) is 4.43 Å². The van der Waals surface area contributed by atoms with Crippen molar-refractivity contribution in [1.29, 1.82) is 0 Å². The molecule has 0 saturated carbocycles. The van der Waals surface area contributed by atoms with Crippen LogP contribution in [0.1, 0.15) is 33.1 Å². The first kappa shape index (κ1) is 19.0. The molecule has 0 saturated heterocycles. The summed E-state index contributed by atoms with van der Waals surface area (Å²) in [6.45, 7) is 5.31. The zero-order valence-corrected chi connectivity index (χ0v) is 16.0. The lowest BCUT2D eigenvalue weighted by molar-refractivity contribution is 0.310. The van der Waals surface area contributed by atoms with Crippen molar-refractivity contribution in [3.8, 4) is 5.75 Å². The molecule has 0 atom stereocenters. The van der Waals surface area contributed by atoms with Gasteiger partial charge in [-0.15, -0.1) is 0 Å². The SMILES string of the molecule is CCC[Si](CCC)(CCCOc1cccc(N(C)C)c1)OC. The minimum Gasteiger partial charge on any atom is -0.494 e. The quantitative estimate of drug-likeness (QED) is 0.425. The molecule has 22 heavy (non-hydrogen) atoms. The van der Waals surface area contributed by atoms with Crippen LogP contribution in [0.2, 0.25) is 18.1 Å². The van der Waals surface area contributed by atoms with E-state index in [1.165, 1.54) is 36.7 Å². The summed E-state index contributed by atoms with van der Waals surface area (Å²) in [4.78, 5) is 2.10. The highest BCUT2D eigenvalue weighted by molar-refractivity contribution is 6.73. The number of hydrogen-bond donors (Lipinski definition) is 0. The third-order valence-corrected chi connectivity index (χ3v) is 9.18. The van der Waals surface area contributed by atoms with Gasteiger partial charge in [0.05, 0.1) is 6.61 Å². The molecule has 0 aromatic heterocycles. The minimum absolute atomic E-state index is 0.780. The van der Waals surface area contributed by atoms with Gasteiger partial charge < -0.3 is 14.1 Å². The maximum atomic E-state index is 6.00. The average molecular weight is 324 g/mol. The zero-order chi connectivity index (χ0) is 16.4. The molecular formula is C18H33NO2Si. The fourth-order valence-electron chi connectivity index (χ4n) is 3.03. The molecule has 126 valence electrons. The van der Waals surface area contributed by atoms with Crippen molar-refractivity contribution >= 4 is 14.0 Å². The lowest BCUT2D eigenvalue weighted by Gasteiger charge is -2.29. The van der Waals surface area contributed by atoms with Crippen molar-refractivity contribution in [2.75, 3.05) is 32.7 Å². The molecule has 0 aliphatic carbocycles. The van der Waals surface area contributed by atoms with Crippen LogP contribution < -0.4 is 9.64 Å². The Morgan fingerprint density at radius 3 is 2.27 bits per heavy atom. The molecule has 1 aromatic carbocycles. The second-order valence-electron chi connectivity index (χ2n) is 6.23. The number of benzene rings is 1. The van der Waals surface area contributed by atoms with Crippen LogP contribution in [0.3, 0.4) is 0 Å². The van der Waals surface area contributed by atoms with E-state index in [9.17, 15) is 0 Å². The number of ether oxygens (including phenoxy) is 1. The van der Waals surface area contributed by atoms with Gasteiger partial charge in [0.15, 0.2) is 8.32 Å². The average Bonchev–Trinajstić information content (AvgIpc) is 2.52. The first-order chi connectivity index (χ1) is 10.6. The van der Waals surface area contributed by atoms with E-state index >= 15 is 0 Å². The van der Waals surface area contributed by atoms with E-state index in [1.807, 2.05) is 33.3 Å². The smallest absolute Gasteiger partial charge is 0.192 e. The number of nitrogens with zero attached hydrogens (tertiary/aromatic N) is 1. The Morgan fingerprint density at radius 2 is 1.73 bits per heavy atom. The van der Waals surface area contributed by atoms with Crippen LogP contribution in [0, 0.1) is 0 Å². The van der Waals surface area contributed by atoms with Gasteiger partial charge in [0.25, 0.3) is 0 Å². The van der Waals surface area contributed by atoms with Crippen molar-refractivity contribution in [1.82, 2.24) is 0 Å². The van der Waals surface area contributed by atoms with Crippen molar-refractivity contribution in [3.05, 3.63) is 24.3 Å². The molecule has 3 nitrogen and oxygen atoms in total. The third-order valence-electron chi connectivity index (χ3n) is 4.22. The molecule has 1 rings (SSSR count). The van der Waals surface area contributed by atoms with Crippen LogP contribution >= 0.6 is 0 Å². The number of rotatable bonds is 11. The Morgan fingerprint density at radius 1 is 1.05 bits per heavy atom. The molecule has 0 fully saturated rings. The van der Waals surface area contributed by atoms with Gasteiger partial charge in [-0.2, -0.15) is 0 Å². The highest BCUT2D eigenvalue weighted by atomic mass is 28.4. The highest BCUT2D eigenvalue weighted by Gasteiger charge is 2.31. The molecule has 4 heteroatoms. The van der Waals surface area contributed by atoms with E-state index in [0.717, 1.165) is 18.8 Å². The summed E-state index contributed by atoms with van der Waals surface area (Å²) in [7, 11) is 4.49. The molecule has 0 bridgehead atoms. The van der Waals surface area contributed by atoms with Crippen molar-refractivity contribution in [2.24, 2.45) is 0 Å². The van der Waals surface area contributed by atoms with E-state index in [2.05, 4.69) is 30.9 Å². The maximum Gasteiger partial charge on any atom is 0.192 e. The molecule has 1 aromatic rings. The first-order valence-corrected chi connectivity index (χ1v) is 11.0. The molecule has 0 radical (unpaired) electrons. The van der Waals surface area contributed by atoms with E-state index in [4.69, 9.17) is 9.16 Å². The summed E-state index contributed by atoms with van der Waals surface area (Å²) in [5.74, 6) is 0.960. The Kier molecular flexibility index (Phi) is 8.57. The summed E-state index contributed by atoms with van der Waals surface area (Å²) < 4.78 is 11.9. The Hall–Kier alpha value is -1.00. The largest absolute Gasteiger partial charge is 0.494 e. The van der Waals surface area contributed by atoms with Crippen LogP contribution in [0.25, 0.3) is 0 Å². The van der Waals surface area contributed by atoms with Gasteiger partial charge in [-0.3, -0.25) is 0 Å². The zero-order valence-electron chi connectivity index (χ0n) is 15.0. The number of anilines is 1. The van der Waals surface area contributed by atoms with Gasteiger partial charge in [-0.25, -0.2) is 0 Å². The normalized spacial score (nSPS) is 11.5. The van der Waals surface area contributed by atoms with E-state index < -0.39 is 8.32 Å². The Labute approximate surface area is 137 Å². The van der Waals surface area contributed by atoms with Gasteiger partial charge in [0.2, 0.25) is 0 Å². The Balaban J connectivity index is 2.47. The van der Waals surface area contributed by atoms with Crippen molar-refractivity contribution < 1.29 is 9.16 Å². The number of hydrogen-bond acceptors (Lipinski definition) is 3. The van der Waals surface area contributed by atoms with Gasteiger partial charge in [0.1, 0.15) is 5.75 Å². The molecule has 0 spiro atoms. The third kappa shape index (κ3) is 6.01. The molecule has 0 aliphatic rings. The fourth-order valence-corrected chi connectivity index (χ4v) is 7.00. The van der Waals surface area contributed by atoms with Crippen molar-refractivity contribution in [2.45, 2.75) is 51.2 Å². The summed E-state index contributed by atoms with van der Waals surface area (Å²) in [5, 5.41) is 0. The summed E-state index contributed by atoms with van der Waals surface area (Å²) in [5.41, 5.74) is 1.18. The summed E-state index contributed by atoms with van der Waals surface area (Å²) in [6.07, 6.45) is 3.55. The second-order valence-corrected chi connectivity index (χ2v) is 10.5. The van der Waals surface area contributed by atoms with Gasteiger partial charge in [-0.05, 0) is 36.7 Å². The van der Waals surface area contributed by atoms with Gasteiger partial charge >= 0.3 is 0 Å². The summed E-state index contributed by atoms with van der Waals surface area (Å²) >= 11 is 0. The lowest BCUT2D eigenvalue weighted by Crippen LogP contribution is -2.36. The fraction of sp³-hybridized carbons (Fsp3) is 0.667. The van der Waals surface area contributed by atoms with Crippen LogP contribution in [0.5, 0.6) is 5.75 Å². The van der Waals surface area contributed by atoms with E-state index in [0.29, 0.717) is 0 Å². The summed E-state index contributed by atoms with van der Waals surface area (Å²) in [6, 6.07) is 12.0. The van der Waals surface area contributed by atoms with Crippen LogP contribution in [0.4, 0.5) is 5.69 Å². The van der Waals surface area contributed by atoms with Crippen LogP contribution in [0.15, 0.2) is 24.3 Å².